The molecule has 1 spiro atoms. The first kappa shape index (κ1) is 16.1. The third-order valence-electron chi connectivity index (χ3n) is 5.49. The molecule has 0 radical (unpaired) electrons. The van der Waals surface area contributed by atoms with Crippen LogP contribution in [-0.4, -0.2) is 42.6 Å². The second-order valence-electron chi connectivity index (χ2n) is 7.12. The van der Waals surface area contributed by atoms with Crippen molar-refractivity contribution in [1.29, 1.82) is 0 Å². The van der Waals surface area contributed by atoms with Gasteiger partial charge >= 0.3 is 0 Å². The van der Waals surface area contributed by atoms with Crippen molar-refractivity contribution in [1.82, 2.24) is 4.90 Å². The average molecular weight is 303 g/mol. The van der Waals surface area contributed by atoms with Gasteiger partial charge in [0.15, 0.2) is 0 Å². The van der Waals surface area contributed by atoms with Gasteiger partial charge in [-0.1, -0.05) is 12.8 Å². The van der Waals surface area contributed by atoms with Crippen LogP contribution in [-0.2, 0) is 9.53 Å². The first-order chi connectivity index (χ1) is 9.03. The van der Waals surface area contributed by atoms with E-state index in [0.29, 0.717) is 5.91 Å². The fourth-order valence-corrected chi connectivity index (χ4v) is 4.08. The molecule has 3 unspecified atom stereocenters. The lowest BCUT2D eigenvalue weighted by atomic mass is 9.74. The van der Waals surface area contributed by atoms with Gasteiger partial charge in [-0.2, -0.15) is 0 Å². The van der Waals surface area contributed by atoms with Crippen LogP contribution >= 0.6 is 12.4 Å². The molecular weight excluding hydrogens is 276 g/mol. The smallest absolute Gasteiger partial charge is 0.227 e. The van der Waals surface area contributed by atoms with Gasteiger partial charge in [0.25, 0.3) is 0 Å². The molecule has 20 heavy (non-hydrogen) atoms. The fraction of sp³-hybridized carbons (Fsp3) is 0.933. The summed E-state index contributed by atoms with van der Waals surface area (Å²) >= 11 is 0. The van der Waals surface area contributed by atoms with Crippen LogP contribution in [0, 0.1) is 11.3 Å². The molecule has 0 bridgehead atoms. The van der Waals surface area contributed by atoms with Gasteiger partial charge in [0.1, 0.15) is 0 Å². The summed E-state index contributed by atoms with van der Waals surface area (Å²) in [6.07, 6.45) is 6.46. The van der Waals surface area contributed by atoms with Crippen LogP contribution < -0.4 is 5.73 Å². The number of ether oxygens (including phenoxy) is 1. The summed E-state index contributed by atoms with van der Waals surface area (Å²) in [5, 5.41) is 0. The minimum Gasteiger partial charge on any atom is -0.381 e. The number of carbonyl (C=O) groups is 1. The van der Waals surface area contributed by atoms with Crippen molar-refractivity contribution in [3.63, 3.8) is 0 Å². The standard InChI is InChI=1S/C15H26N2O2.ClH/c1-14(16)5-3-2-4-12(14)13(18)17-8-6-15(10-17)7-9-19-11-15;/h12H,2-11,16H2,1H3;1H. The van der Waals surface area contributed by atoms with Crippen molar-refractivity contribution < 1.29 is 9.53 Å². The maximum absolute atomic E-state index is 12.8. The molecule has 0 aromatic rings. The number of nitrogens with zero attached hydrogens (tertiary/aromatic N) is 1. The minimum absolute atomic E-state index is 0. The van der Waals surface area contributed by atoms with E-state index in [4.69, 9.17) is 10.5 Å². The summed E-state index contributed by atoms with van der Waals surface area (Å²) in [4.78, 5) is 14.8. The Morgan fingerprint density at radius 3 is 2.75 bits per heavy atom. The summed E-state index contributed by atoms with van der Waals surface area (Å²) in [5.74, 6) is 0.326. The zero-order valence-electron chi connectivity index (χ0n) is 12.4. The Morgan fingerprint density at radius 1 is 1.30 bits per heavy atom. The van der Waals surface area contributed by atoms with E-state index in [1.807, 2.05) is 0 Å². The maximum atomic E-state index is 12.8. The molecule has 3 fully saturated rings. The van der Waals surface area contributed by atoms with E-state index in [1.54, 1.807) is 0 Å². The fourth-order valence-electron chi connectivity index (χ4n) is 4.08. The first-order valence-electron chi connectivity index (χ1n) is 7.68. The molecule has 1 saturated carbocycles. The number of rotatable bonds is 1. The van der Waals surface area contributed by atoms with Gasteiger partial charge < -0.3 is 15.4 Å². The maximum Gasteiger partial charge on any atom is 0.227 e. The molecule has 3 rings (SSSR count). The Bertz CT molecular complexity index is 367. The summed E-state index contributed by atoms with van der Waals surface area (Å²) in [6, 6.07) is 0. The molecule has 2 N–H and O–H groups in total. The molecule has 1 amide bonds. The topological polar surface area (TPSA) is 55.6 Å². The van der Waals surface area contributed by atoms with E-state index >= 15 is 0 Å². The molecule has 0 aromatic heterocycles. The lowest BCUT2D eigenvalue weighted by molar-refractivity contribution is -0.138. The molecular formula is C15H27ClN2O2. The number of hydrogen-bond donors (Lipinski definition) is 1. The molecule has 116 valence electrons. The highest BCUT2D eigenvalue weighted by molar-refractivity contribution is 5.85. The molecule has 3 aliphatic rings. The number of halogens is 1. The van der Waals surface area contributed by atoms with E-state index in [9.17, 15) is 4.79 Å². The summed E-state index contributed by atoms with van der Waals surface area (Å²) < 4.78 is 5.53. The molecule has 5 heteroatoms. The SMILES string of the molecule is CC1(N)CCCCC1C(=O)N1CCC2(CCOC2)C1.Cl. The van der Waals surface area contributed by atoms with Gasteiger partial charge in [0.2, 0.25) is 5.91 Å². The van der Waals surface area contributed by atoms with E-state index in [1.165, 1.54) is 0 Å². The van der Waals surface area contributed by atoms with Crippen LogP contribution in [0.1, 0.15) is 45.4 Å². The van der Waals surface area contributed by atoms with Crippen molar-refractivity contribution in [3.05, 3.63) is 0 Å². The highest BCUT2D eigenvalue weighted by Crippen LogP contribution is 2.40. The predicted molar refractivity (Wildman–Crippen MR) is 80.9 cm³/mol. The van der Waals surface area contributed by atoms with Gasteiger partial charge in [0.05, 0.1) is 12.5 Å². The number of nitrogens with two attached hydrogens (primary N) is 1. The van der Waals surface area contributed by atoms with Gasteiger partial charge in [-0.25, -0.2) is 0 Å². The molecule has 1 aliphatic carbocycles. The van der Waals surface area contributed by atoms with Crippen LogP contribution in [0.2, 0.25) is 0 Å². The quantitative estimate of drug-likeness (QED) is 0.805. The molecule has 0 aromatic carbocycles. The van der Waals surface area contributed by atoms with Gasteiger partial charge in [-0.05, 0) is 32.6 Å². The van der Waals surface area contributed by atoms with Crippen molar-refractivity contribution in [3.8, 4) is 0 Å². The Balaban J connectivity index is 0.00000147. The summed E-state index contributed by atoms with van der Waals surface area (Å²) in [7, 11) is 0. The molecule has 4 nitrogen and oxygen atoms in total. The van der Waals surface area contributed by atoms with Crippen molar-refractivity contribution in [2.45, 2.75) is 51.0 Å². The van der Waals surface area contributed by atoms with Gasteiger partial charge in [0, 0.05) is 30.7 Å². The van der Waals surface area contributed by atoms with E-state index < -0.39 is 0 Å². The Kier molecular flexibility index (Phi) is 4.67. The van der Waals surface area contributed by atoms with Crippen molar-refractivity contribution in [2.75, 3.05) is 26.3 Å². The number of amides is 1. The zero-order valence-corrected chi connectivity index (χ0v) is 13.2. The summed E-state index contributed by atoms with van der Waals surface area (Å²) in [6.45, 7) is 5.54. The highest BCUT2D eigenvalue weighted by Gasteiger charge is 2.46. The normalized spacial score (nSPS) is 40.9. The largest absolute Gasteiger partial charge is 0.381 e. The zero-order chi connectivity index (χ0) is 13.5. The lowest BCUT2D eigenvalue weighted by Gasteiger charge is -2.39. The van der Waals surface area contributed by atoms with E-state index in [2.05, 4.69) is 11.8 Å². The third-order valence-corrected chi connectivity index (χ3v) is 5.49. The minimum atomic E-state index is -0.308. The van der Waals surface area contributed by atoms with Crippen molar-refractivity contribution in [2.24, 2.45) is 17.1 Å². The molecule has 2 heterocycles. The molecule has 2 aliphatic heterocycles. The van der Waals surface area contributed by atoms with Crippen LogP contribution in [0.5, 0.6) is 0 Å². The Labute approximate surface area is 127 Å². The van der Waals surface area contributed by atoms with Crippen LogP contribution in [0.15, 0.2) is 0 Å². The second-order valence-corrected chi connectivity index (χ2v) is 7.12. The Morgan fingerprint density at radius 2 is 2.10 bits per heavy atom. The van der Waals surface area contributed by atoms with E-state index in [-0.39, 0.29) is 29.3 Å². The number of hydrogen-bond acceptors (Lipinski definition) is 3. The average Bonchev–Trinajstić information content (AvgIpc) is 2.99. The number of likely N-dealkylation sites (tertiary alicyclic amines) is 1. The third kappa shape index (κ3) is 2.83. The molecule has 2 saturated heterocycles. The monoisotopic (exact) mass is 302 g/mol. The van der Waals surface area contributed by atoms with Crippen LogP contribution in [0.3, 0.4) is 0 Å². The van der Waals surface area contributed by atoms with Crippen LogP contribution in [0.25, 0.3) is 0 Å². The number of carbonyl (C=O) groups excluding carboxylic acids is 1. The Hall–Kier alpha value is -0.320. The lowest BCUT2D eigenvalue weighted by Crippen LogP contribution is -2.53. The van der Waals surface area contributed by atoms with Crippen LogP contribution in [0.4, 0.5) is 0 Å². The van der Waals surface area contributed by atoms with Crippen molar-refractivity contribution >= 4 is 18.3 Å². The predicted octanol–water partition coefficient (Wildman–Crippen LogP) is 1.95. The first-order valence-corrected chi connectivity index (χ1v) is 7.68. The summed E-state index contributed by atoms with van der Waals surface area (Å²) in [5.41, 5.74) is 6.31. The second kappa shape index (κ2) is 5.82. The van der Waals surface area contributed by atoms with Gasteiger partial charge in [-0.3, -0.25) is 4.79 Å². The molecule has 3 atom stereocenters. The van der Waals surface area contributed by atoms with Gasteiger partial charge in [-0.15, -0.1) is 12.4 Å². The highest BCUT2D eigenvalue weighted by atomic mass is 35.5. The van der Waals surface area contributed by atoms with E-state index in [0.717, 1.165) is 64.8 Å².